The van der Waals surface area contributed by atoms with Crippen LogP contribution in [0, 0.1) is 0 Å². The van der Waals surface area contributed by atoms with Crippen molar-refractivity contribution in [3.05, 3.63) is 212 Å². The van der Waals surface area contributed by atoms with Crippen molar-refractivity contribution in [2.45, 2.75) is 0 Å². The molecule has 0 aliphatic rings. The largest absolute Gasteiger partial charge is 0.456 e. The van der Waals surface area contributed by atoms with Gasteiger partial charge in [-0.2, -0.15) is 0 Å². The summed E-state index contributed by atoms with van der Waals surface area (Å²) in [5.41, 5.74) is 16.9. The summed E-state index contributed by atoms with van der Waals surface area (Å²) in [6, 6.07) is 73.2. The van der Waals surface area contributed by atoms with E-state index in [4.69, 9.17) is 29.3 Å². The van der Waals surface area contributed by atoms with Gasteiger partial charge in [-0.3, -0.25) is 0 Å². The highest BCUT2D eigenvalue weighted by Gasteiger charge is 2.15. The molecule has 0 atom stereocenters. The smallest absolute Gasteiger partial charge is 0.164 e. The van der Waals surface area contributed by atoms with Crippen LogP contribution in [0.15, 0.2) is 217 Å². The van der Waals surface area contributed by atoms with Gasteiger partial charge in [-0.25, -0.2) is 24.9 Å². The van der Waals surface area contributed by atoms with Gasteiger partial charge in [-0.05, 0) is 74.8 Å². The van der Waals surface area contributed by atoms with Gasteiger partial charge in [0.2, 0.25) is 0 Å². The van der Waals surface area contributed by atoms with Gasteiger partial charge >= 0.3 is 0 Å². The maximum absolute atomic E-state index is 6.14. The second kappa shape index (κ2) is 15.1. The first-order valence-corrected chi connectivity index (χ1v) is 21.0. The first-order valence-electron chi connectivity index (χ1n) is 21.0. The number of hydrogen-bond donors (Lipinski definition) is 0. The van der Waals surface area contributed by atoms with Crippen molar-refractivity contribution < 1.29 is 4.42 Å². The molecule has 0 amide bonds. The third-order valence-electron chi connectivity index (χ3n) is 11.7. The Morgan fingerprint density at radius 2 is 0.619 bits per heavy atom. The van der Waals surface area contributed by atoms with Crippen molar-refractivity contribution in [1.29, 1.82) is 0 Å². The molecule has 12 aromatic rings. The van der Waals surface area contributed by atoms with Gasteiger partial charge in [0, 0.05) is 33.5 Å². The summed E-state index contributed by atoms with van der Waals surface area (Å²) in [7, 11) is 0. The Morgan fingerprint density at radius 3 is 1.22 bits per heavy atom. The third-order valence-corrected chi connectivity index (χ3v) is 11.7. The number of rotatable bonds is 7. The molecule has 0 N–H and O–H groups in total. The predicted octanol–water partition coefficient (Wildman–Crippen LogP) is 14.5. The first kappa shape index (κ1) is 36.3. The molecule has 0 spiro atoms. The average Bonchev–Trinajstić information content (AvgIpc) is 3.72. The monoisotopic (exact) mass is 805 g/mol. The molecule has 0 bridgehead atoms. The molecule has 0 radical (unpaired) electrons. The number of para-hydroxylation sites is 1. The van der Waals surface area contributed by atoms with Gasteiger partial charge in [-0.1, -0.05) is 176 Å². The predicted molar refractivity (Wildman–Crippen MR) is 256 cm³/mol. The van der Waals surface area contributed by atoms with Crippen molar-refractivity contribution in [2.24, 2.45) is 0 Å². The summed E-state index contributed by atoms with van der Waals surface area (Å²) in [5.74, 6) is 1.90. The fourth-order valence-corrected chi connectivity index (χ4v) is 8.41. The molecule has 0 saturated carbocycles. The van der Waals surface area contributed by atoms with Crippen LogP contribution in [0.25, 0.3) is 123 Å². The topological polar surface area (TPSA) is 77.6 Å². The molecule has 63 heavy (non-hydrogen) atoms. The molecule has 0 saturated heterocycles. The Bertz CT molecular complexity index is 3640. The molecule has 3 heterocycles. The quantitative estimate of drug-likeness (QED) is 0.149. The van der Waals surface area contributed by atoms with E-state index in [9.17, 15) is 0 Å². The number of fused-ring (bicyclic) bond motifs is 5. The third kappa shape index (κ3) is 6.86. The summed E-state index contributed by atoms with van der Waals surface area (Å²) in [5, 5.41) is 2.14. The molecule has 9 aromatic carbocycles. The van der Waals surface area contributed by atoms with Crippen LogP contribution in [0.4, 0.5) is 0 Å². The fourth-order valence-electron chi connectivity index (χ4n) is 8.41. The molecule has 0 fully saturated rings. The van der Waals surface area contributed by atoms with E-state index in [-0.39, 0.29) is 0 Å². The normalized spacial score (nSPS) is 11.5. The number of hydrogen-bond acceptors (Lipinski definition) is 6. The van der Waals surface area contributed by atoms with E-state index in [0.29, 0.717) is 17.5 Å². The Morgan fingerprint density at radius 1 is 0.222 bits per heavy atom. The molecule has 294 valence electrons. The van der Waals surface area contributed by atoms with Gasteiger partial charge < -0.3 is 4.42 Å². The Labute approximate surface area is 362 Å². The van der Waals surface area contributed by atoms with Crippen LogP contribution in [0.5, 0.6) is 0 Å². The molecule has 3 aromatic heterocycles. The molecule has 0 aliphatic heterocycles. The van der Waals surface area contributed by atoms with Crippen LogP contribution in [-0.2, 0) is 0 Å². The number of nitrogens with zero attached hydrogens (tertiary/aromatic N) is 5. The summed E-state index contributed by atoms with van der Waals surface area (Å²) in [4.78, 5) is 24.9. The zero-order valence-electron chi connectivity index (χ0n) is 33.9. The number of benzene rings is 9. The molecule has 6 nitrogen and oxygen atoms in total. The van der Waals surface area contributed by atoms with Crippen LogP contribution in [0.3, 0.4) is 0 Å². The van der Waals surface area contributed by atoms with Crippen molar-refractivity contribution in [2.75, 3.05) is 0 Å². The van der Waals surface area contributed by atoms with Crippen molar-refractivity contribution in [3.8, 4) is 78.7 Å². The molecule has 12 rings (SSSR count). The second-order valence-corrected chi connectivity index (χ2v) is 15.7. The standard InChI is InChI=1S/C57H35N5O/c1-3-10-36(11-4-1)37-22-26-42(27-23-37)56-60-55(41-12-5-2-6-13-41)61-57(62-56)43-28-24-39(25-29-43)45-15-9-14-44(32-45)38-18-20-40(21-19-38)46-30-31-49-50(33-46)59-52-35-54-48(34-51(52)58-49)47-16-7-8-17-53(47)63-54/h1-35H. The lowest BCUT2D eigenvalue weighted by molar-refractivity contribution is 0.669. The van der Waals surface area contributed by atoms with E-state index in [2.05, 4.69) is 152 Å². The summed E-state index contributed by atoms with van der Waals surface area (Å²) >= 11 is 0. The molecular weight excluding hydrogens is 771 g/mol. The van der Waals surface area contributed by atoms with Crippen LogP contribution in [0.1, 0.15) is 0 Å². The van der Waals surface area contributed by atoms with Crippen LogP contribution >= 0.6 is 0 Å². The van der Waals surface area contributed by atoms with Crippen LogP contribution in [0.2, 0.25) is 0 Å². The van der Waals surface area contributed by atoms with Gasteiger partial charge in [0.05, 0.1) is 22.1 Å². The second-order valence-electron chi connectivity index (χ2n) is 15.7. The molecular formula is C57H35N5O. The lowest BCUT2D eigenvalue weighted by Crippen LogP contribution is -2.00. The number of furan rings is 1. The van der Waals surface area contributed by atoms with E-state index in [1.165, 1.54) is 5.56 Å². The molecule has 6 heteroatoms. The highest BCUT2D eigenvalue weighted by molar-refractivity contribution is 6.09. The van der Waals surface area contributed by atoms with E-state index in [1.807, 2.05) is 60.7 Å². The minimum absolute atomic E-state index is 0.627. The zero-order valence-corrected chi connectivity index (χ0v) is 33.9. The van der Waals surface area contributed by atoms with Gasteiger partial charge in [0.1, 0.15) is 11.2 Å². The lowest BCUT2D eigenvalue weighted by Gasteiger charge is -2.10. The summed E-state index contributed by atoms with van der Waals surface area (Å²) in [6.07, 6.45) is 0. The van der Waals surface area contributed by atoms with Gasteiger partial charge in [-0.15, -0.1) is 0 Å². The van der Waals surface area contributed by atoms with E-state index in [0.717, 1.165) is 99.6 Å². The van der Waals surface area contributed by atoms with Crippen LogP contribution in [-0.4, -0.2) is 24.9 Å². The number of aromatic nitrogens is 5. The van der Waals surface area contributed by atoms with E-state index in [1.54, 1.807) is 0 Å². The van der Waals surface area contributed by atoms with Crippen molar-refractivity contribution >= 4 is 44.0 Å². The fraction of sp³-hybridized carbons (Fsp3) is 0. The van der Waals surface area contributed by atoms with Gasteiger partial charge in [0.25, 0.3) is 0 Å². The Hall–Kier alpha value is -8.61. The SMILES string of the molecule is c1ccc(-c2ccc(-c3nc(-c4ccccc4)nc(-c4ccc(-c5cccc(-c6ccc(-c7ccc8nc9cc%10c(cc9nc8c7)oc7ccccc7%10)cc6)c5)cc4)n3)cc2)cc1. The van der Waals surface area contributed by atoms with Crippen molar-refractivity contribution in [1.82, 2.24) is 24.9 Å². The van der Waals surface area contributed by atoms with E-state index < -0.39 is 0 Å². The average molecular weight is 806 g/mol. The molecule has 0 aliphatic carbocycles. The highest BCUT2D eigenvalue weighted by atomic mass is 16.3. The van der Waals surface area contributed by atoms with Crippen LogP contribution < -0.4 is 0 Å². The van der Waals surface area contributed by atoms with E-state index >= 15 is 0 Å². The summed E-state index contributed by atoms with van der Waals surface area (Å²) < 4.78 is 6.14. The minimum atomic E-state index is 0.627. The lowest BCUT2D eigenvalue weighted by atomic mass is 9.96. The maximum Gasteiger partial charge on any atom is 0.164 e. The first-order chi connectivity index (χ1) is 31.1. The maximum atomic E-state index is 6.14. The van der Waals surface area contributed by atoms with Crippen molar-refractivity contribution in [3.63, 3.8) is 0 Å². The Balaban J connectivity index is 0.811. The minimum Gasteiger partial charge on any atom is -0.456 e. The summed E-state index contributed by atoms with van der Waals surface area (Å²) in [6.45, 7) is 0. The zero-order chi connectivity index (χ0) is 41.7. The van der Waals surface area contributed by atoms with Gasteiger partial charge in [0.15, 0.2) is 17.5 Å². The highest BCUT2D eigenvalue weighted by Crippen LogP contribution is 2.34. The molecule has 0 unspecified atom stereocenters. The Kier molecular flexibility index (Phi) is 8.71.